The summed E-state index contributed by atoms with van der Waals surface area (Å²) in [6.45, 7) is 5.52. The number of hydrogen-bond acceptors (Lipinski definition) is 2. The fraction of sp³-hybridized carbons (Fsp3) is 1.00. The van der Waals surface area contributed by atoms with Crippen LogP contribution in [-0.4, -0.2) is 18.8 Å². The monoisotopic (exact) mass is 213 g/mol. The van der Waals surface area contributed by atoms with Crippen molar-refractivity contribution in [2.45, 2.75) is 70.9 Å². The summed E-state index contributed by atoms with van der Waals surface area (Å²) in [6, 6.07) is 0.385. The highest BCUT2D eigenvalue weighted by atomic mass is 16.5. The van der Waals surface area contributed by atoms with Crippen molar-refractivity contribution < 1.29 is 4.74 Å². The zero-order valence-electron chi connectivity index (χ0n) is 10.4. The van der Waals surface area contributed by atoms with E-state index in [0.29, 0.717) is 12.1 Å². The van der Waals surface area contributed by atoms with Crippen LogP contribution in [0.4, 0.5) is 0 Å². The molecule has 0 radical (unpaired) electrons. The van der Waals surface area contributed by atoms with Crippen molar-refractivity contribution in [1.29, 1.82) is 0 Å². The molecule has 90 valence electrons. The quantitative estimate of drug-likeness (QED) is 0.705. The third-order valence-electron chi connectivity index (χ3n) is 3.37. The van der Waals surface area contributed by atoms with Crippen LogP contribution < -0.4 is 5.73 Å². The van der Waals surface area contributed by atoms with E-state index < -0.39 is 0 Å². The van der Waals surface area contributed by atoms with Gasteiger partial charge in [0, 0.05) is 12.6 Å². The van der Waals surface area contributed by atoms with E-state index >= 15 is 0 Å². The van der Waals surface area contributed by atoms with Crippen molar-refractivity contribution in [3.63, 3.8) is 0 Å². The van der Waals surface area contributed by atoms with Crippen LogP contribution in [0.3, 0.4) is 0 Å². The van der Waals surface area contributed by atoms with Crippen molar-refractivity contribution in [3.8, 4) is 0 Å². The zero-order valence-corrected chi connectivity index (χ0v) is 10.4. The van der Waals surface area contributed by atoms with Gasteiger partial charge < -0.3 is 10.5 Å². The van der Waals surface area contributed by atoms with Crippen molar-refractivity contribution >= 4 is 0 Å². The number of ether oxygens (including phenoxy) is 1. The molecule has 2 N–H and O–H groups in total. The Morgan fingerprint density at radius 3 is 2.80 bits per heavy atom. The summed E-state index contributed by atoms with van der Waals surface area (Å²) in [6.07, 6.45) is 9.08. The van der Waals surface area contributed by atoms with E-state index in [1.165, 1.54) is 38.5 Å². The molecule has 1 aliphatic heterocycles. The maximum Gasteiger partial charge on any atom is 0.0576 e. The highest BCUT2D eigenvalue weighted by molar-refractivity contribution is 4.71. The maximum absolute atomic E-state index is 6.13. The smallest absolute Gasteiger partial charge is 0.0576 e. The molecule has 3 atom stereocenters. The van der Waals surface area contributed by atoms with E-state index in [0.717, 1.165) is 18.9 Å². The number of nitrogens with two attached hydrogens (primary N) is 1. The van der Waals surface area contributed by atoms with Crippen LogP contribution in [0.2, 0.25) is 0 Å². The predicted octanol–water partition coefficient (Wildman–Crippen LogP) is 3.10. The fourth-order valence-electron chi connectivity index (χ4n) is 2.52. The number of rotatable bonds is 7. The molecule has 1 aliphatic rings. The van der Waals surface area contributed by atoms with Crippen molar-refractivity contribution in [2.24, 2.45) is 11.7 Å². The molecule has 1 rings (SSSR count). The molecule has 1 heterocycles. The second-order valence-corrected chi connectivity index (χ2v) is 5.10. The van der Waals surface area contributed by atoms with Gasteiger partial charge in [-0.3, -0.25) is 0 Å². The maximum atomic E-state index is 6.13. The minimum absolute atomic E-state index is 0.385. The Hall–Kier alpha value is -0.0800. The summed E-state index contributed by atoms with van der Waals surface area (Å²) in [5.41, 5.74) is 6.13. The lowest BCUT2D eigenvalue weighted by molar-refractivity contribution is 0.1000. The van der Waals surface area contributed by atoms with E-state index in [9.17, 15) is 0 Å². The van der Waals surface area contributed by atoms with Crippen LogP contribution in [0.1, 0.15) is 58.8 Å². The van der Waals surface area contributed by atoms with Crippen molar-refractivity contribution in [3.05, 3.63) is 0 Å². The minimum Gasteiger partial charge on any atom is -0.378 e. The van der Waals surface area contributed by atoms with E-state index in [4.69, 9.17) is 10.5 Å². The van der Waals surface area contributed by atoms with Gasteiger partial charge in [0.1, 0.15) is 0 Å². The van der Waals surface area contributed by atoms with Gasteiger partial charge >= 0.3 is 0 Å². The first-order valence-electron chi connectivity index (χ1n) is 6.59. The molecule has 0 spiro atoms. The molecule has 0 bridgehead atoms. The second kappa shape index (κ2) is 7.24. The summed E-state index contributed by atoms with van der Waals surface area (Å²) in [5.74, 6) is 0.787. The average molecular weight is 213 g/mol. The largest absolute Gasteiger partial charge is 0.378 e. The molecule has 15 heavy (non-hydrogen) atoms. The van der Waals surface area contributed by atoms with Gasteiger partial charge in [-0.15, -0.1) is 0 Å². The summed E-state index contributed by atoms with van der Waals surface area (Å²) >= 11 is 0. The normalized spacial score (nSPS) is 25.4. The first kappa shape index (κ1) is 13.0. The van der Waals surface area contributed by atoms with Gasteiger partial charge in [-0.05, 0) is 38.0 Å². The van der Waals surface area contributed by atoms with E-state index in [-0.39, 0.29) is 0 Å². The molecule has 0 aromatic carbocycles. The van der Waals surface area contributed by atoms with Crippen LogP contribution in [0, 0.1) is 5.92 Å². The molecule has 1 saturated heterocycles. The molecule has 0 aromatic rings. The SMILES string of the molecule is CCCC(C)CC(N)CCC1CCCO1. The van der Waals surface area contributed by atoms with Crippen LogP contribution >= 0.6 is 0 Å². The summed E-state index contributed by atoms with van der Waals surface area (Å²) in [4.78, 5) is 0. The Labute approximate surface area is 94.6 Å². The Balaban J connectivity index is 2.04. The van der Waals surface area contributed by atoms with Crippen LogP contribution in [0.25, 0.3) is 0 Å². The Kier molecular flexibility index (Phi) is 6.26. The second-order valence-electron chi connectivity index (χ2n) is 5.10. The Morgan fingerprint density at radius 1 is 1.40 bits per heavy atom. The van der Waals surface area contributed by atoms with Crippen LogP contribution in [-0.2, 0) is 4.74 Å². The average Bonchev–Trinajstić information content (AvgIpc) is 2.67. The van der Waals surface area contributed by atoms with Gasteiger partial charge in [0.25, 0.3) is 0 Å². The predicted molar refractivity (Wildman–Crippen MR) is 64.9 cm³/mol. The summed E-state index contributed by atoms with van der Waals surface area (Å²) in [7, 11) is 0. The van der Waals surface area contributed by atoms with Gasteiger partial charge in [0.05, 0.1) is 6.10 Å². The molecule has 0 saturated carbocycles. The van der Waals surface area contributed by atoms with E-state index in [1.54, 1.807) is 0 Å². The lowest BCUT2D eigenvalue weighted by Crippen LogP contribution is -2.24. The fourth-order valence-corrected chi connectivity index (χ4v) is 2.52. The number of hydrogen-bond donors (Lipinski definition) is 1. The summed E-state index contributed by atoms with van der Waals surface area (Å²) in [5, 5.41) is 0. The van der Waals surface area contributed by atoms with Gasteiger partial charge in [-0.2, -0.15) is 0 Å². The molecule has 3 unspecified atom stereocenters. The molecule has 2 heteroatoms. The third-order valence-corrected chi connectivity index (χ3v) is 3.37. The first-order chi connectivity index (χ1) is 7.22. The van der Waals surface area contributed by atoms with Crippen LogP contribution in [0.5, 0.6) is 0 Å². The highest BCUT2D eigenvalue weighted by Crippen LogP contribution is 2.20. The first-order valence-corrected chi connectivity index (χ1v) is 6.59. The van der Waals surface area contributed by atoms with Crippen molar-refractivity contribution in [2.75, 3.05) is 6.61 Å². The lowest BCUT2D eigenvalue weighted by Gasteiger charge is -2.18. The van der Waals surface area contributed by atoms with Crippen LogP contribution in [0.15, 0.2) is 0 Å². The van der Waals surface area contributed by atoms with E-state index in [2.05, 4.69) is 13.8 Å². The van der Waals surface area contributed by atoms with Crippen molar-refractivity contribution in [1.82, 2.24) is 0 Å². The molecular weight excluding hydrogens is 186 g/mol. The molecule has 0 aliphatic carbocycles. The lowest BCUT2D eigenvalue weighted by atomic mass is 9.94. The van der Waals surface area contributed by atoms with Gasteiger partial charge in [-0.1, -0.05) is 26.7 Å². The van der Waals surface area contributed by atoms with Gasteiger partial charge in [0.15, 0.2) is 0 Å². The molecule has 2 nitrogen and oxygen atoms in total. The minimum atomic E-state index is 0.385. The molecular formula is C13H27NO. The Morgan fingerprint density at radius 2 is 2.20 bits per heavy atom. The molecule has 1 fully saturated rings. The molecule has 0 aromatic heterocycles. The standard InChI is InChI=1S/C13H27NO/c1-3-5-11(2)10-12(14)7-8-13-6-4-9-15-13/h11-13H,3-10,14H2,1-2H3. The third kappa shape index (κ3) is 5.53. The van der Waals surface area contributed by atoms with Gasteiger partial charge in [-0.25, -0.2) is 0 Å². The van der Waals surface area contributed by atoms with Gasteiger partial charge in [0.2, 0.25) is 0 Å². The molecule has 0 amide bonds. The topological polar surface area (TPSA) is 35.2 Å². The summed E-state index contributed by atoms with van der Waals surface area (Å²) < 4.78 is 5.60. The van der Waals surface area contributed by atoms with E-state index in [1.807, 2.05) is 0 Å². The highest BCUT2D eigenvalue weighted by Gasteiger charge is 2.17. The Bertz CT molecular complexity index is 155. The zero-order chi connectivity index (χ0) is 11.1.